The topological polar surface area (TPSA) is 43.4 Å². The van der Waals surface area contributed by atoms with Gasteiger partial charge in [-0.1, -0.05) is 32.9 Å². The van der Waals surface area contributed by atoms with E-state index >= 15 is 0 Å². The van der Waals surface area contributed by atoms with Crippen molar-refractivity contribution in [1.82, 2.24) is 0 Å². The maximum Gasteiger partial charge on any atom is 0.316 e. The van der Waals surface area contributed by atoms with E-state index in [0.717, 1.165) is 43.3 Å². The molecule has 0 aliphatic heterocycles. The summed E-state index contributed by atoms with van der Waals surface area (Å²) in [5, 5.41) is 0. The Kier molecular flexibility index (Phi) is 5.96. The minimum Gasteiger partial charge on any atom is -0.431 e. The van der Waals surface area contributed by atoms with Crippen molar-refractivity contribution < 1.29 is 14.3 Å². The number of rotatable bonds is 5. The van der Waals surface area contributed by atoms with Crippen LogP contribution in [0.1, 0.15) is 73.6 Å². The Bertz CT molecular complexity index is 584. The predicted octanol–water partition coefficient (Wildman–Crippen LogP) is 5.46. The lowest BCUT2D eigenvalue weighted by atomic mass is 9.61. The van der Waals surface area contributed by atoms with Gasteiger partial charge in [-0.25, -0.2) is 0 Å². The Balaban J connectivity index is 2.46. The number of aldehydes is 1. The van der Waals surface area contributed by atoms with Crippen LogP contribution in [-0.2, 0) is 14.3 Å². The zero-order chi connectivity index (χ0) is 18.8. The molecule has 0 radical (unpaired) electrons. The molecule has 0 aromatic carbocycles. The van der Waals surface area contributed by atoms with Gasteiger partial charge in [0, 0.05) is 12.3 Å². The van der Waals surface area contributed by atoms with Gasteiger partial charge in [-0.3, -0.25) is 4.79 Å². The molecule has 4 atom stereocenters. The quantitative estimate of drug-likeness (QED) is 0.377. The monoisotopic (exact) mass is 346 g/mol. The summed E-state index contributed by atoms with van der Waals surface area (Å²) in [6.07, 6.45) is 9.99. The second kappa shape index (κ2) is 7.47. The molecule has 2 aliphatic rings. The molecule has 3 heteroatoms. The molecule has 140 valence electrons. The van der Waals surface area contributed by atoms with E-state index < -0.39 is 5.41 Å². The van der Waals surface area contributed by atoms with Crippen LogP contribution in [0.3, 0.4) is 0 Å². The summed E-state index contributed by atoms with van der Waals surface area (Å²) in [4.78, 5) is 24.5. The molecule has 0 aromatic heterocycles. The Hall–Kier alpha value is -1.38. The van der Waals surface area contributed by atoms with E-state index in [9.17, 15) is 9.59 Å². The lowest BCUT2D eigenvalue weighted by molar-refractivity contribution is -0.150. The molecule has 0 N–H and O–H groups in total. The van der Waals surface area contributed by atoms with Crippen molar-refractivity contribution in [3.8, 4) is 0 Å². The summed E-state index contributed by atoms with van der Waals surface area (Å²) in [6.45, 7) is 12.3. The van der Waals surface area contributed by atoms with Crippen LogP contribution in [-0.4, -0.2) is 12.3 Å². The third kappa shape index (κ3) is 4.07. The number of carbonyl (C=O) groups is 2. The van der Waals surface area contributed by atoms with E-state index in [2.05, 4.69) is 26.0 Å². The summed E-state index contributed by atoms with van der Waals surface area (Å²) in [5.74, 6) is 1.15. The van der Waals surface area contributed by atoms with E-state index in [1.54, 1.807) is 0 Å². The minimum atomic E-state index is -0.505. The van der Waals surface area contributed by atoms with Crippen LogP contribution in [0.4, 0.5) is 0 Å². The molecule has 0 aromatic rings. The van der Waals surface area contributed by atoms with Gasteiger partial charge in [-0.2, -0.15) is 0 Å². The molecular weight excluding hydrogens is 312 g/mol. The molecule has 1 fully saturated rings. The number of ether oxygens (including phenoxy) is 1. The molecule has 3 nitrogen and oxygen atoms in total. The fraction of sp³-hybridized carbons (Fsp3) is 0.727. The highest BCUT2D eigenvalue weighted by atomic mass is 16.5. The van der Waals surface area contributed by atoms with Gasteiger partial charge in [0.1, 0.15) is 12.0 Å². The summed E-state index contributed by atoms with van der Waals surface area (Å²) in [7, 11) is 0. The first-order chi connectivity index (χ1) is 11.7. The molecule has 0 bridgehead atoms. The van der Waals surface area contributed by atoms with Gasteiger partial charge in [0.25, 0.3) is 0 Å². The average Bonchev–Trinajstić information content (AvgIpc) is 2.55. The highest BCUT2D eigenvalue weighted by Crippen LogP contribution is 2.52. The summed E-state index contributed by atoms with van der Waals surface area (Å²) >= 11 is 0. The van der Waals surface area contributed by atoms with Gasteiger partial charge in [-0.15, -0.1) is 0 Å². The first-order valence-corrected chi connectivity index (χ1v) is 9.71. The highest BCUT2D eigenvalue weighted by Gasteiger charge is 2.44. The van der Waals surface area contributed by atoms with Crippen molar-refractivity contribution >= 4 is 12.3 Å². The number of hydrogen-bond donors (Lipinski definition) is 0. The number of hydrogen-bond acceptors (Lipinski definition) is 3. The van der Waals surface area contributed by atoms with Gasteiger partial charge in [0.2, 0.25) is 0 Å². The second-order valence-corrected chi connectivity index (χ2v) is 8.95. The normalized spacial score (nSPS) is 33.3. The third-order valence-electron chi connectivity index (χ3n) is 6.35. The average molecular weight is 347 g/mol. The van der Waals surface area contributed by atoms with Crippen molar-refractivity contribution in [1.29, 1.82) is 0 Å². The van der Waals surface area contributed by atoms with Crippen LogP contribution in [0.15, 0.2) is 23.5 Å². The van der Waals surface area contributed by atoms with E-state index in [1.165, 1.54) is 0 Å². The summed E-state index contributed by atoms with van der Waals surface area (Å²) in [5.41, 5.74) is 0.591. The molecule has 2 rings (SSSR count). The Morgan fingerprint density at radius 1 is 1.36 bits per heavy atom. The molecule has 25 heavy (non-hydrogen) atoms. The smallest absolute Gasteiger partial charge is 0.316 e. The van der Waals surface area contributed by atoms with Gasteiger partial charge >= 0.3 is 5.97 Å². The van der Waals surface area contributed by atoms with Crippen LogP contribution >= 0.6 is 0 Å². The van der Waals surface area contributed by atoms with E-state index in [4.69, 9.17) is 4.74 Å². The van der Waals surface area contributed by atoms with E-state index in [0.29, 0.717) is 18.3 Å². The fourth-order valence-corrected chi connectivity index (χ4v) is 4.33. The molecular formula is C22H34O3. The SMILES string of the molecule is CC=CC1(C)CC(OC(=O)C(C)(C)CC)=C2C(CCC(C)C2C=O)C1. The van der Waals surface area contributed by atoms with E-state index in [-0.39, 0.29) is 17.3 Å². The van der Waals surface area contributed by atoms with Crippen molar-refractivity contribution in [2.75, 3.05) is 0 Å². The van der Waals surface area contributed by atoms with E-state index in [1.807, 2.05) is 27.7 Å². The highest BCUT2D eigenvalue weighted by molar-refractivity contribution is 5.77. The van der Waals surface area contributed by atoms with Gasteiger partial charge in [0.05, 0.1) is 5.41 Å². The Morgan fingerprint density at radius 2 is 2.04 bits per heavy atom. The standard InChI is InChI=1S/C22H34O3/c1-7-11-22(6)12-16-10-9-15(3)17(14-23)19(16)18(13-22)25-20(24)21(4,5)8-2/h7,11,14-17H,8-10,12-13H2,1-6H3. The van der Waals surface area contributed by atoms with Crippen molar-refractivity contribution in [3.63, 3.8) is 0 Å². The van der Waals surface area contributed by atoms with Crippen molar-refractivity contribution in [2.24, 2.45) is 28.6 Å². The zero-order valence-corrected chi connectivity index (χ0v) is 16.7. The molecule has 2 aliphatic carbocycles. The van der Waals surface area contributed by atoms with Crippen molar-refractivity contribution in [3.05, 3.63) is 23.5 Å². The molecule has 0 heterocycles. The predicted molar refractivity (Wildman–Crippen MR) is 101 cm³/mol. The number of fused-ring (bicyclic) bond motifs is 1. The van der Waals surface area contributed by atoms with Crippen LogP contribution in [0, 0.1) is 28.6 Å². The fourth-order valence-electron chi connectivity index (χ4n) is 4.33. The lowest BCUT2D eigenvalue weighted by Crippen LogP contribution is -2.37. The molecule has 4 unspecified atom stereocenters. The van der Waals surface area contributed by atoms with Crippen LogP contribution in [0.5, 0.6) is 0 Å². The largest absolute Gasteiger partial charge is 0.431 e. The van der Waals surface area contributed by atoms with Gasteiger partial charge < -0.3 is 9.53 Å². The first kappa shape index (κ1) is 19.9. The van der Waals surface area contributed by atoms with Crippen LogP contribution in [0.25, 0.3) is 0 Å². The molecule has 0 spiro atoms. The Morgan fingerprint density at radius 3 is 2.60 bits per heavy atom. The maximum atomic E-state index is 12.7. The van der Waals surface area contributed by atoms with Gasteiger partial charge in [-0.05, 0) is 69.3 Å². The van der Waals surface area contributed by atoms with Crippen molar-refractivity contribution in [2.45, 2.75) is 73.6 Å². The van der Waals surface area contributed by atoms with Gasteiger partial charge in [0.15, 0.2) is 0 Å². The summed E-state index contributed by atoms with van der Waals surface area (Å²) in [6, 6.07) is 0. The molecule has 0 saturated heterocycles. The van der Waals surface area contributed by atoms with Crippen LogP contribution in [0.2, 0.25) is 0 Å². The third-order valence-corrected chi connectivity index (χ3v) is 6.35. The van der Waals surface area contributed by atoms with Crippen LogP contribution < -0.4 is 0 Å². The number of carbonyl (C=O) groups excluding carboxylic acids is 2. The number of allylic oxidation sites excluding steroid dienone is 4. The Labute approximate surface area is 152 Å². The summed E-state index contributed by atoms with van der Waals surface area (Å²) < 4.78 is 5.99. The minimum absolute atomic E-state index is 0.0110. The first-order valence-electron chi connectivity index (χ1n) is 9.71. The second-order valence-electron chi connectivity index (χ2n) is 8.95. The lowest BCUT2D eigenvalue weighted by Gasteiger charge is -2.44. The molecule has 0 amide bonds. The zero-order valence-electron chi connectivity index (χ0n) is 16.7. The number of esters is 1. The molecule has 1 saturated carbocycles. The maximum absolute atomic E-state index is 12.7.